The molecule has 3 amide bonds. The van der Waals surface area contributed by atoms with Crippen molar-refractivity contribution < 1.29 is 41.8 Å². The first-order valence-electron chi connectivity index (χ1n) is 20.1. The monoisotopic (exact) mass is 862 g/mol. The molecule has 0 saturated carbocycles. The number of benzene rings is 2. The van der Waals surface area contributed by atoms with Crippen LogP contribution >= 0.6 is 11.9 Å². The topological polar surface area (TPSA) is 155 Å². The van der Waals surface area contributed by atoms with Gasteiger partial charge in [-0.15, -0.1) is 0 Å². The molecule has 0 aliphatic carbocycles. The van der Waals surface area contributed by atoms with E-state index in [9.17, 15) is 32.7 Å². The number of nitrogens with one attached hydrogen (secondary N) is 2. The maximum Gasteiger partial charge on any atom is 0.419 e. The average Bonchev–Trinajstić information content (AvgIpc) is 3.67. The molecule has 3 aliphatic heterocycles. The fraction of sp³-hybridized carbons (Fsp3) is 0.442. The number of imide groups is 1. The number of carbonyl (C=O) groups is 3. The Hall–Kier alpha value is -5.35. The summed E-state index contributed by atoms with van der Waals surface area (Å²) in [6.07, 6.45) is 1.98. The molecule has 0 radical (unpaired) electrons. The second-order valence-electron chi connectivity index (χ2n) is 16.0. The van der Waals surface area contributed by atoms with E-state index in [1.807, 2.05) is 29.2 Å². The minimum Gasteiger partial charge on any atom is -0.389 e. The smallest absolute Gasteiger partial charge is 0.389 e. The van der Waals surface area contributed by atoms with Crippen molar-refractivity contribution in [2.75, 3.05) is 38.1 Å². The Morgan fingerprint density at radius 3 is 2.51 bits per heavy atom. The van der Waals surface area contributed by atoms with Gasteiger partial charge in [0.15, 0.2) is 0 Å². The minimum absolute atomic E-state index is 0.00445. The number of hydrogen-bond donors (Lipinski definition) is 3. The van der Waals surface area contributed by atoms with Crippen molar-refractivity contribution >= 4 is 41.3 Å². The highest BCUT2D eigenvalue weighted by molar-refractivity contribution is 7.97. The normalized spacial score (nSPS) is 18.4. The summed E-state index contributed by atoms with van der Waals surface area (Å²) in [6, 6.07) is 12.0. The zero-order valence-electron chi connectivity index (χ0n) is 33.7. The number of ether oxygens (including phenoxy) is 1. The number of hydrogen-bond acceptors (Lipinski definition) is 11. The lowest BCUT2D eigenvalue weighted by molar-refractivity contribution is -0.139. The summed E-state index contributed by atoms with van der Waals surface area (Å²) in [5.41, 5.74) is -1.03. The number of carbonyl (C=O) groups excluding carboxylic acids is 3. The number of halogens is 4. The van der Waals surface area contributed by atoms with Crippen molar-refractivity contribution in [2.45, 2.75) is 87.6 Å². The van der Waals surface area contributed by atoms with Gasteiger partial charge in [0.25, 0.3) is 0 Å². The van der Waals surface area contributed by atoms with Gasteiger partial charge >= 0.3 is 6.18 Å². The molecule has 18 heteroatoms. The lowest BCUT2D eigenvalue weighted by atomic mass is 9.90. The van der Waals surface area contributed by atoms with Gasteiger partial charge in [-0.3, -0.25) is 24.4 Å². The third-order valence-corrected chi connectivity index (χ3v) is 11.8. The molecule has 13 nitrogen and oxygen atoms in total. The van der Waals surface area contributed by atoms with Crippen LogP contribution in [-0.4, -0.2) is 96.3 Å². The van der Waals surface area contributed by atoms with Crippen molar-refractivity contribution in [3.63, 3.8) is 0 Å². The van der Waals surface area contributed by atoms with E-state index in [-0.39, 0.29) is 66.0 Å². The lowest BCUT2D eigenvalue weighted by Crippen LogP contribution is -2.45. The highest BCUT2D eigenvalue weighted by Gasteiger charge is 2.36. The SMILES string of the molecule is CC(C)(O)Cn1cc(-c2nc(Nc3ccc(SN4CCC(C(=O)N5CCC(OCC#Cc6cccc(C7CCC(=O)NC7=O)c6)CC5)CC4)cc3F)ncc2C(F)(F)F)cn1. The van der Waals surface area contributed by atoms with Crippen LogP contribution in [0.1, 0.15) is 75.0 Å². The van der Waals surface area contributed by atoms with E-state index in [0.717, 1.165) is 11.1 Å². The number of nitrogens with zero attached hydrogens (tertiary/aromatic N) is 6. The molecule has 1 unspecified atom stereocenters. The van der Waals surface area contributed by atoms with E-state index in [1.165, 1.54) is 41.2 Å². The number of alkyl halides is 3. The molecule has 61 heavy (non-hydrogen) atoms. The van der Waals surface area contributed by atoms with Gasteiger partial charge in [0, 0.05) is 66.9 Å². The number of anilines is 2. The molecular weight excluding hydrogens is 817 g/mol. The number of rotatable bonds is 11. The standard InChI is InChI=1S/C43H46F4N8O5S/c1-42(2,59)26-54-25-30(23-49-54)38-34(43(45,46)47)24-48-41(52-38)50-36-10-8-32(22-35(36)44)61-55-18-12-28(13-19-55)40(58)53-16-14-31(15-17-53)60-20-4-6-27-5-3-7-29(21-27)33-9-11-37(56)51-39(33)57/h3,5,7-8,10,21-25,28,31,33,59H,9,11-20,26H2,1-2H3,(H,48,50,52)(H,51,56,57). The molecule has 0 spiro atoms. The van der Waals surface area contributed by atoms with Crippen molar-refractivity contribution in [2.24, 2.45) is 5.92 Å². The number of likely N-dealkylation sites (tertiary alicyclic amines) is 1. The van der Waals surface area contributed by atoms with Gasteiger partial charge in [0.2, 0.25) is 23.7 Å². The quantitative estimate of drug-likeness (QED) is 0.0673. The zero-order valence-corrected chi connectivity index (χ0v) is 34.5. The van der Waals surface area contributed by atoms with E-state index in [2.05, 4.69) is 41.8 Å². The Morgan fingerprint density at radius 1 is 1.03 bits per heavy atom. The maximum atomic E-state index is 15.3. The number of amides is 3. The van der Waals surface area contributed by atoms with Gasteiger partial charge < -0.3 is 20.1 Å². The molecule has 1 atom stereocenters. The summed E-state index contributed by atoms with van der Waals surface area (Å²) < 4.78 is 66.4. The average molecular weight is 863 g/mol. The maximum absolute atomic E-state index is 15.3. The molecule has 3 saturated heterocycles. The van der Waals surface area contributed by atoms with Crippen LogP contribution in [0.25, 0.3) is 11.3 Å². The number of piperidine rings is 3. The molecule has 2 aromatic carbocycles. The summed E-state index contributed by atoms with van der Waals surface area (Å²) in [5.74, 6) is 4.41. The van der Waals surface area contributed by atoms with Gasteiger partial charge in [-0.1, -0.05) is 24.0 Å². The first-order valence-corrected chi connectivity index (χ1v) is 20.9. The van der Waals surface area contributed by atoms with Gasteiger partial charge in [-0.25, -0.2) is 18.7 Å². The first kappa shape index (κ1) is 43.7. The van der Waals surface area contributed by atoms with Crippen LogP contribution < -0.4 is 10.6 Å². The molecule has 3 fully saturated rings. The Labute approximate surface area is 354 Å². The second-order valence-corrected chi connectivity index (χ2v) is 17.2. The fourth-order valence-corrected chi connectivity index (χ4v) is 8.58. The van der Waals surface area contributed by atoms with Gasteiger partial charge in [-0.05, 0) is 93.8 Å². The van der Waals surface area contributed by atoms with E-state index < -0.39 is 28.9 Å². The third-order valence-electron chi connectivity index (χ3n) is 10.7. The molecule has 7 rings (SSSR count). The van der Waals surface area contributed by atoms with Crippen LogP contribution in [0.3, 0.4) is 0 Å². The Morgan fingerprint density at radius 2 is 1.80 bits per heavy atom. The van der Waals surface area contributed by atoms with E-state index >= 15 is 4.39 Å². The van der Waals surface area contributed by atoms with Crippen LogP contribution in [0, 0.1) is 23.6 Å². The van der Waals surface area contributed by atoms with Gasteiger partial charge in [0.1, 0.15) is 18.0 Å². The Bertz CT molecular complexity index is 2310. The minimum atomic E-state index is -4.76. The first-order chi connectivity index (χ1) is 29.1. The van der Waals surface area contributed by atoms with Crippen molar-refractivity contribution in [1.82, 2.24) is 34.3 Å². The molecule has 0 bridgehead atoms. The van der Waals surface area contributed by atoms with Gasteiger partial charge in [0.05, 0.1) is 41.7 Å². The zero-order chi connectivity index (χ0) is 43.3. The Balaban J connectivity index is 0.852. The van der Waals surface area contributed by atoms with Crippen molar-refractivity contribution in [1.29, 1.82) is 0 Å². The summed E-state index contributed by atoms with van der Waals surface area (Å²) in [6.45, 7) is 5.85. The highest BCUT2D eigenvalue weighted by atomic mass is 32.2. The summed E-state index contributed by atoms with van der Waals surface area (Å²) >= 11 is 1.37. The van der Waals surface area contributed by atoms with E-state index in [1.54, 1.807) is 19.9 Å². The summed E-state index contributed by atoms with van der Waals surface area (Å²) in [4.78, 5) is 47.6. The fourth-order valence-electron chi connectivity index (χ4n) is 7.60. The molecule has 5 heterocycles. The molecule has 3 aliphatic rings. The van der Waals surface area contributed by atoms with Crippen LogP contribution in [0.2, 0.25) is 0 Å². The number of aliphatic hydroxyl groups is 1. The van der Waals surface area contributed by atoms with Gasteiger partial charge in [-0.2, -0.15) is 18.3 Å². The molecule has 322 valence electrons. The largest absolute Gasteiger partial charge is 0.419 e. The molecular formula is C43H46F4N8O5S. The lowest BCUT2D eigenvalue weighted by Gasteiger charge is -2.36. The van der Waals surface area contributed by atoms with E-state index in [4.69, 9.17) is 4.74 Å². The molecule has 4 aromatic rings. The predicted octanol–water partition coefficient (Wildman–Crippen LogP) is 6.31. The summed E-state index contributed by atoms with van der Waals surface area (Å²) in [7, 11) is 0. The van der Waals surface area contributed by atoms with E-state index in [0.29, 0.717) is 75.8 Å². The van der Waals surface area contributed by atoms with Crippen molar-refractivity contribution in [3.8, 4) is 23.1 Å². The van der Waals surface area contributed by atoms with Crippen LogP contribution in [0.4, 0.5) is 29.2 Å². The molecule has 2 aromatic heterocycles. The second kappa shape index (κ2) is 18.7. The third kappa shape index (κ3) is 11.5. The Kier molecular flexibility index (Phi) is 13.4. The van der Waals surface area contributed by atoms with Crippen LogP contribution in [-0.2, 0) is 31.8 Å². The molecule has 3 N–H and O–H groups in total. The van der Waals surface area contributed by atoms with Crippen LogP contribution in [0.5, 0.6) is 0 Å². The predicted molar refractivity (Wildman–Crippen MR) is 218 cm³/mol. The number of aromatic nitrogens is 4. The highest BCUT2D eigenvalue weighted by Crippen LogP contribution is 2.37. The summed E-state index contributed by atoms with van der Waals surface area (Å²) in [5, 5.41) is 19.2. The van der Waals surface area contributed by atoms with Crippen LogP contribution in [0.15, 0.2) is 66.0 Å². The van der Waals surface area contributed by atoms with Crippen molar-refractivity contribution in [3.05, 3.63) is 83.6 Å².